The Balaban J connectivity index is 1.33. The Morgan fingerprint density at radius 3 is 2.33 bits per heavy atom. The minimum atomic E-state index is -3.64. The molecule has 1 aliphatic heterocycles. The normalized spacial score (nSPS) is 14.7. The first-order valence-electron chi connectivity index (χ1n) is 12.3. The van der Waals surface area contributed by atoms with E-state index in [4.69, 9.17) is 18.9 Å². The highest BCUT2D eigenvalue weighted by molar-refractivity contribution is 7.89. The van der Waals surface area contributed by atoms with E-state index in [1.54, 1.807) is 6.07 Å². The molecule has 0 radical (unpaired) electrons. The number of morpholine rings is 1. The lowest BCUT2D eigenvalue weighted by molar-refractivity contribution is -0.123. The predicted molar refractivity (Wildman–Crippen MR) is 143 cm³/mol. The van der Waals surface area contributed by atoms with E-state index in [9.17, 15) is 18.0 Å². The summed E-state index contributed by atoms with van der Waals surface area (Å²) in [6, 6.07) is 20.1. The molecule has 0 aromatic heterocycles. The fourth-order valence-corrected chi connectivity index (χ4v) is 5.23. The number of hydrogen-bond acceptors (Lipinski definition) is 8. The lowest BCUT2D eigenvalue weighted by Crippen LogP contribution is -2.40. The van der Waals surface area contributed by atoms with Crippen LogP contribution >= 0.6 is 0 Å². The number of anilines is 1. The topological polar surface area (TPSA) is 120 Å². The Bertz CT molecular complexity index is 1390. The van der Waals surface area contributed by atoms with Crippen LogP contribution in [0.25, 0.3) is 0 Å². The second-order valence-corrected chi connectivity index (χ2v) is 10.7. The van der Waals surface area contributed by atoms with Crippen molar-refractivity contribution in [1.82, 2.24) is 4.31 Å². The van der Waals surface area contributed by atoms with Gasteiger partial charge in [-0.2, -0.15) is 4.31 Å². The zero-order valence-electron chi connectivity index (χ0n) is 21.7. The van der Waals surface area contributed by atoms with Gasteiger partial charge in [-0.3, -0.25) is 4.79 Å². The van der Waals surface area contributed by atoms with Gasteiger partial charge in [0.2, 0.25) is 10.0 Å². The van der Waals surface area contributed by atoms with Gasteiger partial charge in [-0.15, -0.1) is 0 Å². The third-order valence-corrected chi connectivity index (χ3v) is 7.93. The summed E-state index contributed by atoms with van der Waals surface area (Å²) in [6.45, 7) is 3.06. The number of nitrogens with zero attached hydrogens (tertiary/aromatic N) is 1. The van der Waals surface area contributed by atoms with Crippen LogP contribution < -0.4 is 14.8 Å². The second kappa shape index (κ2) is 12.7. The number of hydrogen-bond donors (Lipinski definition) is 1. The number of amides is 1. The molecule has 0 bridgehead atoms. The molecule has 0 unspecified atom stereocenters. The van der Waals surface area contributed by atoms with Crippen LogP contribution in [0.15, 0.2) is 77.7 Å². The number of sulfonamides is 1. The Labute approximate surface area is 227 Å². The largest absolute Gasteiger partial charge is 0.493 e. The van der Waals surface area contributed by atoms with Crippen molar-refractivity contribution in [2.24, 2.45) is 0 Å². The maximum atomic E-state index is 12.8. The van der Waals surface area contributed by atoms with E-state index in [1.165, 1.54) is 54.7 Å². The van der Waals surface area contributed by atoms with Crippen LogP contribution in [0.4, 0.5) is 5.69 Å². The third-order valence-electron chi connectivity index (χ3n) is 6.02. The molecular formula is C28H30N2O8S. The Morgan fingerprint density at radius 1 is 0.974 bits per heavy atom. The van der Waals surface area contributed by atoms with Gasteiger partial charge in [0.25, 0.3) is 5.91 Å². The second-order valence-electron chi connectivity index (χ2n) is 8.72. The predicted octanol–water partition coefficient (Wildman–Crippen LogP) is 3.48. The van der Waals surface area contributed by atoms with Crippen molar-refractivity contribution >= 4 is 27.6 Å². The van der Waals surface area contributed by atoms with Crippen molar-refractivity contribution in [2.45, 2.75) is 24.5 Å². The average molecular weight is 555 g/mol. The Morgan fingerprint density at radius 2 is 1.67 bits per heavy atom. The molecule has 39 heavy (non-hydrogen) atoms. The minimum absolute atomic E-state index is 0.118. The number of benzene rings is 3. The molecule has 0 aliphatic carbocycles. The van der Waals surface area contributed by atoms with Crippen molar-refractivity contribution in [3.63, 3.8) is 0 Å². The van der Waals surface area contributed by atoms with Crippen LogP contribution in [0, 0.1) is 0 Å². The maximum Gasteiger partial charge on any atom is 0.339 e. The van der Waals surface area contributed by atoms with E-state index in [0.29, 0.717) is 50.1 Å². The molecule has 0 saturated carbocycles. The quantitative estimate of drug-likeness (QED) is 0.378. The van der Waals surface area contributed by atoms with E-state index in [2.05, 4.69) is 5.32 Å². The Kier molecular flexibility index (Phi) is 9.18. The fraction of sp³-hybridized carbons (Fsp3) is 0.286. The van der Waals surface area contributed by atoms with Gasteiger partial charge in [0.15, 0.2) is 17.6 Å². The van der Waals surface area contributed by atoms with Gasteiger partial charge in [0.1, 0.15) is 6.61 Å². The zero-order valence-corrected chi connectivity index (χ0v) is 22.5. The summed E-state index contributed by atoms with van der Waals surface area (Å²) in [5.74, 6) is -0.466. The van der Waals surface area contributed by atoms with Gasteiger partial charge in [-0.1, -0.05) is 30.3 Å². The minimum Gasteiger partial charge on any atom is -0.493 e. The number of methoxy groups -OCH3 is 1. The van der Waals surface area contributed by atoms with E-state index >= 15 is 0 Å². The van der Waals surface area contributed by atoms with Crippen molar-refractivity contribution < 1.29 is 37.0 Å². The highest BCUT2D eigenvalue weighted by Crippen LogP contribution is 2.29. The molecule has 3 aromatic rings. The number of carbonyl (C=O) groups is 2. The number of esters is 1. The van der Waals surface area contributed by atoms with Gasteiger partial charge in [0.05, 0.1) is 30.8 Å². The van der Waals surface area contributed by atoms with Crippen LogP contribution in [-0.2, 0) is 30.9 Å². The molecule has 1 heterocycles. The van der Waals surface area contributed by atoms with Crippen molar-refractivity contribution in [2.75, 3.05) is 38.7 Å². The van der Waals surface area contributed by atoms with Crippen molar-refractivity contribution in [3.05, 3.63) is 83.9 Å². The van der Waals surface area contributed by atoms with Gasteiger partial charge >= 0.3 is 5.97 Å². The molecule has 0 spiro atoms. The van der Waals surface area contributed by atoms with Crippen molar-refractivity contribution in [1.29, 1.82) is 0 Å². The average Bonchev–Trinajstić information content (AvgIpc) is 2.97. The molecule has 10 nitrogen and oxygen atoms in total. The van der Waals surface area contributed by atoms with Gasteiger partial charge < -0.3 is 24.3 Å². The molecular weight excluding hydrogens is 524 g/mol. The molecule has 1 aliphatic rings. The molecule has 1 saturated heterocycles. The van der Waals surface area contributed by atoms with Gasteiger partial charge in [-0.25, -0.2) is 13.2 Å². The first kappa shape index (κ1) is 28.1. The Hall–Kier alpha value is -3.93. The SMILES string of the molecule is COc1cc(C(=O)O[C@@H](C)C(=O)Nc2ccc(S(=O)(=O)N3CCOCC3)cc2)ccc1OCc1ccccc1. The van der Waals surface area contributed by atoms with Crippen LogP contribution in [0.1, 0.15) is 22.8 Å². The number of nitrogens with one attached hydrogen (secondary N) is 1. The molecule has 4 rings (SSSR count). The summed E-state index contributed by atoms with van der Waals surface area (Å²) in [4.78, 5) is 25.4. The van der Waals surface area contributed by atoms with Crippen LogP contribution in [0.3, 0.4) is 0 Å². The maximum absolute atomic E-state index is 12.8. The van der Waals surface area contributed by atoms with Crippen LogP contribution in [0.2, 0.25) is 0 Å². The summed E-state index contributed by atoms with van der Waals surface area (Å²) in [7, 11) is -2.18. The summed E-state index contributed by atoms with van der Waals surface area (Å²) in [6.07, 6.45) is -1.12. The summed E-state index contributed by atoms with van der Waals surface area (Å²) in [5.41, 5.74) is 1.54. The van der Waals surface area contributed by atoms with Gasteiger partial charge in [-0.05, 0) is 55.0 Å². The fourth-order valence-electron chi connectivity index (χ4n) is 3.82. The van der Waals surface area contributed by atoms with E-state index in [0.717, 1.165) is 5.56 Å². The molecule has 206 valence electrons. The lowest BCUT2D eigenvalue weighted by atomic mass is 10.2. The molecule has 3 aromatic carbocycles. The summed E-state index contributed by atoms with van der Waals surface area (Å²) in [5, 5.41) is 2.63. The summed E-state index contributed by atoms with van der Waals surface area (Å²) < 4.78 is 48.6. The lowest BCUT2D eigenvalue weighted by Gasteiger charge is -2.26. The van der Waals surface area contributed by atoms with Crippen LogP contribution in [-0.4, -0.2) is 64.1 Å². The molecule has 1 N–H and O–H groups in total. The van der Waals surface area contributed by atoms with E-state index in [1.807, 2.05) is 30.3 Å². The van der Waals surface area contributed by atoms with Crippen molar-refractivity contribution in [3.8, 4) is 11.5 Å². The zero-order chi connectivity index (χ0) is 27.8. The first-order chi connectivity index (χ1) is 18.8. The molecule has 1 fully saturated rings. The molecule has 1 atom stereocenters. The van der Waals surface area contributed by atoms with E-state index < -0.39 is 28.0 Å². The highest BCUT2D eigenvalue weighted by Gasteiger charge is 2.26. The highest BCUT2D eigenvalue weighted by atomic mass is 32.2. The standard InChI is InChI=1S/C28H30N2O8S/c1-20(27(31)29-23-9-11-24(12-10-23)39(33,34)30-14-16-36-17-15-30)38-28(32)22-8-13-25(26(18-22)35-2)37-19-21-6-4-3-5-7-21/h3-13,18,20H,14-17,19H2,1-2H3,(H,29,31)/t20-/m0/s1. The van der Waals surface area contributed by atoms with Crippen LogP contribution in [0.5, 0.6) is 11.5 Å². The number of carbonyl (C=O) groups excluding carboxylic acids is 2. The summed E-state index contributed by atoms with van der Waals surface area (Å²) >= 11 is 0. The molecule has 1 amide bonds. The number of rotatable bonds is 10. The molecule has 11 heteroatoms. The smallest absolute Gasteiger partial charge is 0.339 e. The van der Waals surface area contributed by atoms with Gasteiger partial charge in [0, 0.05) is 18.8 Å². The van der Waals surface area contributed by atoms with E-state index in [-0.39, 0.29) is 10.5 Å². The monoisotopic (exact) mass is 554 g/mol. The third kappa shape index (κ3) is 7.14. The first-order valence-corrected chi connectivity index (χ1v) is 13.8. The number of ether oxygens (including phenoxy) is 4.